The Bertz CT molecular complexity index is 1090. The molecule has 2 aromatic heterocycles. The number of amides is 2. The first-order valence-electron chi connectivity index (χ1n) is 9.75. The van der Waals surface area contributed by atoms with E-state index < -0.39 is 0 Å². The molecule has 1 saturated heterocycles. The fourth-order valence-electron chi connectivity index (χ4n) is 3.85. The van der Waals surface area contributed by atoms with Crippen LogP contribution in [0.5, 0.6) is 0 Å². The molecule has 1 aliphatic rings. The van der Waals surface area contributed by atoms with Crippen LogP contribution in [-0.2, 0) is 0 Å². The standard InChI is InChI=1S/C22H22ClN5O2/c1-15-12-19(16(2)28(15)18-5-3-4-17(23)13-18)21(29)26-8-10-27(11-9-26)22(30)20-14-24-6-7-25-20/h3-7,12-14H,8-11H2,1-2H3. The van der Waals surface area contributed by atoms with E-state index in [1.54, 1.807) is 9.80 Å². The second-order valence-corrected chi connectivity index (χ2v) is 7.71. The van der Waals surface area contributed by atoms with Gasteiger partial charge >= 0.3 is 0 Å². The summed E-state index contributed by atoms with van der Waals surface area (Å²) in [7, 11) is 0. The van der Waals surface area contributed by atoms with Gasteiger partial charge in [-0.3, -0.25) is 14.6 Å². The number of halogens is 1. The van der Waals surface area contributed by atoms with Crippen LogP contribution >= 0.6 is 11.6 Å². The molecule has 154 valence electrons. The molecule has 0 atom stereocenters. The molecular formula is C22H22ClN5O2. The Labute approximate surface area is 179 Å². The largest absolute Gasteiger partial charge is 0.335 e. The molecule has 0 unspecified atom stereocenters. The molecule has 3 heterocycles. The van der Waals surface area contributed by atoms with Crippen molar-refractivity contribution in [3.63, 3.8) is 0 Å². The third kappa shape index (κ3) is 3.80. The molecule has 3 aromatic rings. The van der Waals surface area contributed by atoms with Crippen molar-refractivity contribution in [2.24, 2.45) is 0 Å². The van der Waals surface area contributed by atoms with Gasteiger partial charge < -0.3 is 14.4 Å². The fourth-order valence-corrected chi connectivity index (χ4v) is 4.03. The molecule has 8 heteroatoms. The Morgan fingerprint density at radius 1 is 0.967 bits per heavy atom. The number of carbonyl (C=O) groups is 2. The smallest absolute Gasteiger partial charge is 0.274 e. The summed E-state index contributed by atoms with van der Waals surface area (Å²) in [5.74, 6) is -0.183. The number of hydrogen-bond donors (Lipinski definition) is 0. The average Bonchev–Trinajstić information content (AvgIpc) is 3.07. The van der Waals surface area contributed by atoms with Crippen molar-refractivity contribution in [1.82, 2.24) is 24.3 Å². The van der Waals surface area contributed by atoms with Gasteiger partial charge in [-0.1, -0.05) is 17.7 Å². The molecule has 30 heavy (non-hydrogen) atoms. The van der Waals surface area contributed by atoms with Gasteiger partial charge in [0.25, 0.3) is 11.8 Å². The molecule has 0 radical (unpaired) electrons. The Hall–Kier alpha value is -3.19. The quantitative estimate of drug-likeness (QED) is 0.648. The lowest BCUT2D eigenvalue weighted by atomic mass is 10.2. The number of aryl methyl sites for hydroxylation is 1. The van der Waals surface area contributed by atoms with Crippen LogP contribution in [0.25, 0.3) is 5.69 Å². The second kappa shape index (κ2) is 8.28. The zero-order valence-electron chi connectivity index (χ0n) is 16.9. The molecule has 0 saturated carbocycles. The van der Waals surface area contributed by atoms with Crippen LogP contribution in [0.4, 0.5) is 0 Å². The van der Waals surface area contributed by atoms with Gasteiger partial charge in [-0.15, -0.1) is 0 Å². The lowest BCUT2D eigenvalue weighted by Gasteiger charge is -2.34. The molecule has 0 N–H and O–H groups in total. The molecule has 7 nitrogen and oxygen atoms in total. The van der Waals surface area contributed by atoms with E-state index in [4.69, 9.17) is 11.6 Å². The number of benzene rings is 1. The monoisotopic (exact) mass is 423 g/mol. The maximum absolute atomic E-state index is 13.2. The third-order valence-electron chi connectivity index (χ3n) is 5.36. The van der Waals surface area contributed by atoms with Crippen LogP contribution in [0, 0.1) is 13.8 Å². The Morgan fingerprint density at radius 3 is 2.30 bits per heavy atom. The number of rotatable bonds is 3. The lowest BCUT2D eigenvalue weighted by Crippen LogP contribution is -2.50. The summed E-state index contributed by atoms with van der Waals surface area (Å²) in [6.45, 7) is 5.80. The van der Waals surface area contributed by atoms with Crippen LogP contribution in [-0.4, -0.2) is 62.3 Å². The number of aromatic nitrogens is 3. The van der Waals surface area contributed by atoms with E-state index in [0.29, 0.717) is 42.5 Å². The molecule has 1 aliphatic heterocycles. The molecule has 1 aromatic carbocycles. The summed E-state index contributed by atoms with van der Waals surface area (Å²) in [6.07, 6.45) is 4.50. The van der Waals surface area contributed by atoms with Crippen molar-refractivity contribution in [3.8, 4) is 5.69 Å². The maximum atomic E-state index is 13.2. The van der Waals surface area contributed by atoms with Gasteiger partial charge in [0.2, 0.25) is 0 Å². The Kier molecular flexibility index (Phi) is 5.55. The van der Waals surface area contributed by atoms with Crippen molar-refractivity contribution in [3.05, 3.63) is 76.6 Å². The SMILES string of the molecule is Cc1cc(C(=O)N2CCN(C(=O)c3cnccn3)CC2)c(C)n1-c1cccc(Cl)c1. The molecule has 2 amide bonds. The van der Waals surface area contributed by atoms with Gasteiger partial charge in [-0.25, -0.2) is 4.98 Å². The first kappa shape index (κ1) is 20.1. The highest BCUT2D eigenvalue weighted by molar-refractivity contribution is 6.30. The number of nitrogens with zero attached hydrogens (tertiary/aromatic N) is 5. The van der Waals surface area contributed by atoms with Gasteiger partial charge in [-0.2, -0.15) is 0 Å². The van der Waals surface area contributed by atoms with E-state index in [0.717, 1.165) is 17.1 Å². The number of piperazine rings is 1. The molecule has 4 rings (SSSR count). The summed E-state index contributed by atoms with van der Waals surface area (Å²) < 4.78 is 2.03. The van der Waals surface area contributed by atoms with Crippen molar-refractivity contribution in [2.75, 3.05) is 26.2 Å². The van der Waals surface area contributed by atoms with Gasteiger partial charge in [0, 0.05) is 60.7 Å². The molecule has 1 fully saturated rings. The third-order valence-corrected chi connectivity index (χ3v) is 5.60. The molecular weight excluding hydrogens is 402 g/mol. The first-order chi connectivity index (χ1) is 14.5. The van der Waals surface area contributed by atoms with Gasteiger partial charge in [0.1, 0.15) is 5.69 Å². The van der Waals surface area contributed by atoms with Crippen LogP contribution in [0.2, 0.25) is 5.02 Å². The molecule has 0 aliphatic carbocycles. The zero-order chi connectivity index (χ0) is 21.3. The summed E-state index contributed by atoms with van der Waals surface area (Å²) in [5.41, 5.74) is 3.76. The van der Waals surface area contributed by atoms with Crippen LogP contribution in [0.15, 0.2) is 48.9 Å². The zero-order valence-corrected chi connectivity index (χ0v) is 17.6. The van der Waals surface area contributed by atoms with E-state index in [1.165, 1.54) is 18.6 Å². The van der Waals surface area contributed by atoms with Crippen LogP contribution < -0.4 is 0 Å². The van der Waals surface area contributed by atoms with E-state index in [9.17, 15) is 9.59 Å². The van der Waals surface area contributed by atoms with Crippen molar-refractivity contribution < 1.29 is 9.59 Å². The lowest BCUT2D eigenvalue weighted by molar-refractivity contribution is 0.0531. The highest BCUT2D eigenvalue weighted by Crippen LogP contribution is 2.24. The van der Waals surface area contributed by atoms with E-state index in [1.807, 2.05) is 48.7 Å². The highest BCUT2D eigenvalue weighted by Gasteiger charge is 2.28. The highest BCUT2D eigenvalue weighted by atomic mass is 35.5. The maximum Gasteiger partial charge on any atom is 0.274 e. The second-order valence-electron chi connectivity index (χ2n) is 7.28. The normalized spacial score (nSPS) is 14.1. The van der Waals surface area contributed by atoms with Gasteiger partial charge in [0.15, 0.2) is 0 Å². The van der Waals surface area contributed by atoms with Crippen molar-refractivity contribution in [2.45, 2.75) is 13.8 Å². The van der Waals surface area contributed by atoms with Crippen LogP contribution in [0.1, 0.15) is 32.2 Å². The first-order valence-corrected chi connectivity index (χ1v) is 10.1. The van der Waals surface area contributed by atoms with Crippen LogP contribution in [0.3, 0.4) is 0 Å². The van der Waals surface area contributed by atoms with Crippen molar-refractivity contribution >= 4 is 23.4 Å². The predicted molar refractivity (Wildman–Crippen MR) is 114 cm³/mol. The van der Waals surface area contributed by atoms with E-state index in [2.05, 4.69) is 9.97 Å². The minimum atomic E-state index is -0.158. The molecule has 0 spiro atoms. The number of carbonyl (C=O) groups excluding carboxylic acids is 2. The summed E-state index contributed by atoms with van der Waals surface area (Å²) >= 11 is 6.14. The predicted octanol–water partition coefficient (Wildman–Crippen LogP) is 3.14. The molecule has 0 bridgehead atoms. The average molecular weight is 424 g/mol. The van der Waals surface area contributed by atoms with Gasteiger partial charge in [-0.05, 0) is 38.1 Å². The summed E-state index contributed by atoms with van der Waals surface area (Å²) in [5, 5.41) is 0.650. The Balaban J connectivity index is 1.49. The van der Waals surface area contributed by atoms with Crippen molar-refractivity contribution in [1.29, 1.82) is 0 Å². The summed E-state index contributed by atoms with van der Waals surface area (Å²) in [4.78, 5) is 37.3. The minimum Gasteiger partial charge on any atom is -0.335 e. The topological polar surface area (TPSA) is 71.3 Å². The Morgan fingerprint density at radius 2 is 1.67 bits per heavy atom. The van der Waals surface area contributed by atoms with Gasteiger partial charge in [0.05, 0.1) is 11.8 Å². The number of hydrogen-bond acceptors (Lipinski definition) is 4. The summed E-state index contributed by atoms with van der Waals surface area (Å²) in [6, 6.07) is 9.48. The minimum absolute atomic E-state index is 0.0250. The fraction of sp³-hybridized carbons (Fsp3) is 0.273. The van der Waals surface area contributed by atoms with E-state index >= 15 is 0 Å². The van der Waals surface area contributed by atoms with E-state index in [-0.39, 0.29) is 11.8 Å².